The molecule has 1 atom stereocenters. The third-order valence-electron chi connectivity index (χ3n) is 3.68. The van der Waals surface area contributed by atoms with Gasteiger partial charge < -0.3 is 14.7 Å². The lowest BCUT2D eigenvalue weighted by Gasteiger charge is -2.15. The Morgan fingerprint density at radius 3 is 3.11 bits per heavy atom. The topological polar surface area (TPSA) is 49.8 Å². The molecule has 1 N–H and O–H groups in total. The molecule has 1 fully saturated rings. The van der Waals surface area contributed by atoms with Crippen molar-refractivity contribution in [2.24, 2.45) is 5.92 Å². The second kappa shape index (κ2) is 6.68. The van der Waals surface area contributed by atoms with Gasteiger partial charge in [-0.15, -0.1) is 0 Å². The van der Waals surface area contributed by atoms with Gasteiger partial charge in [0.1, 0.15) is 0 Å². The maximum Gasteiger partial charge on any atom is 0.335 e. The van der Waals surface area contributed by atoms with E-state index in [0.29, 0.717) is 11.5 Å². The number of rotatable bonds is 6. The van der Waals surface area contributed by atoms with Gasteiger partial charge in [-0.1, -0.05) is 12.1 Å². The van der Waals surface area contributed by atoms with Crippen molar-refractivity contribution in [1.29, 1.82) is 0 Å². The summed E-state index contributed by atoms with van der Waals surface area (Å²) in [6.45, 7) is 3.97. The Labute approximate surface area is 114 Å². The standard InChI is InChI=1S/C15H21NO3/c1-19-8-7-16-6-5-13(11-16)9-12-3-2-4-14(10-12)15(17)18/h2-4,10,13H,5-9,11H2,1H3,(H,17,18). The predicted octanol–water partition coefficient (Wildman–Crippen LogP) is 1.90. The van der Waals surface area contributed by atoms with Crippen molar-refractivity contribution in [2.45, 2.75) is 12.8 Å². The van der Waals surface area contributed by atoms with Crippen LogP contribution in [0.4, 0.5) is 0 Å². The quantitative estimate of drug-likeness (QED) is 0.851. The number of likely N-dealkylation sites (tertiary alicyclic amines) is 1. The molecular formula is C15H21NO3. The third-order valence-corrected chi connectivity index (χ3v) is 3.68. The number of carboxylic acid groups (broad SMARTS) is 1. The summed E-state index contributed by atoms with van der Waals surface area (Å²) >= 11 is 0. The van der Waals surface area contributed by atoms with Crippen molar-refractivity contribution < 1.29 is 14.6 Å². The minimum absolute atomic E-state index is 0.381. The highest BCUT2D eigenvalue weighted by molar-refractivity contribution is 5.87. The fraction of sp³-hybridized carbons (Fsp3) is 0.533. The van der Waals surface area contributed by atoms with Gasteiger partial charge in [0.25, 0.3) is 0 Å². The molecule has 1 heterocycles. The number of carbonyl (C=O) groups is 1. The maximum absolute atomic E-state index is 10.9. The molecule has 0 radical (unpaired) electrons. The van der Waals surface area contributed by atoms with E-state index in [-0.39, 0.29) is 0 Å². The van der Waals surface area contributed by atoms with Crippen LogP contribution in [0.5, 0.6) is 0 Å². The second-order valence-electron chi connectivity index (χ2n) is 5.16. The van der Waals surface area contributed by atoms with E-state index in [4.69, 9.17) is 9.84 Å². The molecule has 0 spiro atoms. The first-order valence-electron chi connectivity index (χ1n) is 6.72. The van der Waals surface area contributed by atoms with Crippen LogP contribution in [0.25, 0.3) is 0 Å². The van der Waals surface area contributed by atoms with E-state index in [2.05, 4.69) is 4.90 Å². The smallest absolute Gasteiger partial charge is 0.335 e. The van der Waals surface area contributed by atoms with Gasteiger partial charge in [0.2, 0.25) is 0 Å². The molecule has 1 saturated heterocycles. The molecule has 2 rings (SSSR count). The SMILES string of the molecule is COCCN1CCC(Cc2cccc(C(=O)O)c2)C1. The van der Waals surface area contributed by atoms with Gasteiger partial charge in [0, 0.05) is 20.2 Å². The van der Waals surface area contributed by atoms with Gasteiger partial charge in [-0.05, 0) is 43.0 Å². The van der Waals surface area contributed by atoms with Crippen LogP contribution in [0.15, 0.2) is 24.3 Å². The predicted molar refractivity (Wildman–Crippen MR) is 73.5 cm³/mol. The second-order valence-corrected chi connectivity index (χ2v) is 5.16. The first-order valence-corrected chi connectivity index (χ1v) is 6.72. The molecule has 0 aliphatic carbocycles. The Morgan fingerprint density at radius 2 is 2.37 bits per heavy atom. The molecule has 1 aliphatic rings. The molecule has 1 aromatic rings. The van der Waals surface area contributed by atoms with Crippen molar-refractivity contribution in [3.05, 3.63) is 35.4 Å². The third kappa shape index (κ3) is 4.04. The Kier molecular flexibility index (Phi) is 4.93. The summed E-state index contributed by atoms with van der Waals surface area (Å²) in [5.74, 6) is -0.226. The van der Waals surface area contributed by atoms with Crippen LogP contribution in [0.1, 0.15) is 22.3 Å². The summed E-state index contributed by atoms with van der Waals surface area (Å²) in [5.41, 5.74) is 1.50. The van der Waals surface area contributed by atoms with Crippen LogP contribution >= 0.6 is 0 Å². The largest absolute Gasteiger partial charge is 0.478 e. The van der Waals surface area contributed by atoms with Crippen LogP contribution < -0.4 is 0 Å². The van der Waals surface area contributed by atoms with Gasteiger partial charge in [0.05, 0.1) is 12.2 Å². The van der Waals surface area contributed by atoms with Crippen molar-refractivity contribution in [3.63, 3.8) is 0 Å². The van der Waals surface area contributed by atoms with E-state index >= 15 is 0 Å². The molecule has 0 aromatic heterocycles. The molecule has 1 aromatic carbocycles. The fourth-order valence-electron chi connectivity index (χ4n) is 2.67. The molecule has 4 heteroatoms. The number of hydrogen-bond donors (Lipinski definition) is 1. The molecule has 0 bridgehead atoms. The maximum atomic E-state index is 10.9. The van der Waals surface area contributed by atoms with Crippen LogP contribution in [0, 0.1) is 5.92 Å². The number of aromatic carboxylic acids is 1. The molecule has 19 heavy (non-hydrogen) atoms. The van der Waals surface area contributed by atoms with E-state index in [0.717, 1.165) is 38.2 Å². The molecule has 0 amide bonds. The number of hydrogen-bond acceptors (Lipinski definition) is 3. The Morgan fingerprint density at radius 1 is 1.53 bits per heavy atom. The van der Waals surface area contributed by atoms with E-state index in [1.54, 1.807) is 19.2 Å². The van der Waals surface area contributed by atoms with E-state index in [9.17, 15) is 4.79 Å². The highest BCUT2D eigenvalue weighted by Gasteiger charge is 2.22. The van der Waals surface area contributed by atoms with Gasteiger partial charge >= 0.3 is 5.97 Å². The highest BCUT2D eigenvalue weighted by Crippen LogP contribution is 2.21. The molecule has 0 saturated carbocycles. The van der Waals surface area contributed by atoms with Crippen molar-refractivity contribution >= 4 is 5.97 Å². The average Bonchev–Trinajstić information content (AvgIpc) is 2.84. The minimum atomic E-state index is -0.852. The van der Waals surface area contributed by atoms with Crippen LogP contribution in [0.2, 0.25) is 0 Å². The molecule has 4 nitrogen and oxygen atoms in total. The first-order chi connectivity index (χ1) is 9.19. The number of carboxylic acids is 1. The summed E-state index contributed by atoms with van der Waals surface area (Å²) in [7, 11) is 1.73. The summed E-state index contributed by atoms with van der Waals surface area (Å²) in [4.78, 5) is 13.4. The monoisotopic (exact) mass is 263 g/mol. The Balaban J connectivity index is 1.88. The summed E-state index contributed by atoms with van der Waals surface area (Å²) < 4.78 is 5.09. The summed E-state index contributed by atoms with van der Waals surface area (Å²) in [6, 6.07) is 7.28. The zero-order valence-corrected chi connectivity index (χ0v) is 11.3. The van der Waals surface area contributed by atoms with Crippen LogP contribution in [0.3, 0.4) is 0 Å². The van der Waals surface area contributed by atoms with Crippen LogP contribution in [-0.4, -0.2) is 49.3 Å². The fourth-order valence-corrected chi connectivity index (χ4v) is 2.67. The molecule has 1 unspecified atom stereocenters. The molecule has 1 aliphatic heterocycles. The van der Waals surface area contributed by atoms with Gasteiger partial charge in [0.15, 0.2) is 0 Å². The number of ether oxygens (including phenoxy) is 1. The normalized spacial score (nSPS) is 19.7. The zero-order valence-electron chi connectivity index (χ0n) is 11.3. The number of nitrogens with zero attached hydrogens (tertiary/aromatic N) is 1. The summed E-state index contributed by atoms with van der Waals surface area (Å²) in [6.07, 6.45) is 2.14. The average molecular weight is 263 g/mol. The molecular weight excluding hydrogens is 242 g/mol. The van der Waals surface area contributed by atoms with E-state index in [1.165, 1.54) is 6.42 Å². The van der Waals surface area contributed by atoms with Crippen molar-refractivity contribution in [1.82, 2.24) is 4.90 Å². The molecule has 104 valence electrons. The Bertz CT molecular complexity index is 433. The van der Waals surface area contributed by atoms with Gasteiger partial charge in [-0.25, -0.2) is 4.79 Å². The van der Waals surface area contributed by atoms with E-state index < -0.39 is 5.97 Å². The lowest BCUT2D eigenvalue weighted by atomic mass is 9.97. The first kappa shape index (κ1) is 14.0. The lowest BCUT2D eigenvalue weighted by molar-refractivity contribution is 0.0696. The zero-order chi connectivity index (χ0) is 13.7. The Hall–Kier alpha value is -1.39. The number of benzene rings is 1. The summed E-state index contributed by atoms with van der Waals surface area (Å²) in [5, 5.41) is 8.99. The van der Waals surface area contributed by atoms with Gasteiger partial charge in [-0.2, -0.15) is 0 Å². The lowest BCUT2D eigenvalue weighted by Crippen LogP contribution is -2.25. The van der Waals surface area contributed by atoms with Crippen molar-refractivity contribution in [3.8, 4) is 0 Å². The van der Waals surface area contributed by atoms with Gasteiger partial charge in [-0.3, -0.25) is 0 Å². The van der Waals surface area contributed by atoms with Crippen molar-refractivity contribution in [2.75, 3.05) is 33.4 Å². The van der Waals surface area contributed by atoms with Crippen LogP contribution in [-0.2, 0) is 11.2 Å². The number of methoxy groups -OCH3 is 1. The highest BCUT2D eigenvalue weighted by atomic mass is 16.5. The minimum Gasteiger partial charge on any atom is -0.478 e. The van der Waals surface area contributed by atoms with E-state index in [1.807, 2.05) is 12.1 Å².